The highest BCUT2D eigenvalue weighted by molar-refractivity contribution is 5.76. The zero-order chi connectivity index (χ0) is 13.5. The lowest BCUT2D eigenvalue weighted by Crippen LogP contribution is -2.22. The second kappa shape index (κ2) is 6.64. The van der Waals surface area contributed by atoms with Gasteiger partial charge in [-0.1, -0.05) is 12.1 Å². The molecule has 19 heavy (non-hydrogen) atoms. The number of benzene rings is 1. The largest absolute Gasteiger partial charge is 0.497 e. The summed E-state index contributed by atoms with van der Waals surface area (Å²) in [6.07, 6.45) is 4.92. The Bertz CT molecular complexity index is 521. The number of hydrogen-bond donors (Lipinski definition) is 2. The van der Waals surface area contributed by atoms with E-state index in [0.717, 1.165) is 23.3 Å². The number of methoxy groups -OCH3 is 1. The second-order valence-electron chi connectivity index (χ2n) is 4.35. The summed E-state index contributed by atoms with van der Waals surface area (Å²) in [5.41, 5.74) is 2.19. The molecule has 0 fully saturated rings. The van der Waals surface area contributed by atoms with Crippen LogP contribution < -0.4 is 10.1 Å². The van der Waals surface area contributed by atoms with Crippen molar-refractivity contribution in [2.45, 2.75) is 19.4 Å². The summed E-state index contributed by atoms with van der Waals surface area (Å²) >= 11 is 0. The lowest BCUT2D eigenvalue weighted by atomic mass is 10.1. The Balaban J connectivity index is 1.76. The Hall–Kier alpha value is -2.23. The van der Waals surface area contributed by atoms with Crippen molar-refractivity contribution in [3.8, 4) is 5.75 Å². The van der Waals surface area contributed by atoms with Gasteiger partial charge in [0.15, 0.2) is 0 Å². The molecule has 1 amide bonds. The maximum atomic E-state index is 11.7. The summed E-state index contributed by atoms with van der Waals surface area (Å²) in [5.74, 6) is 0.884. The van der Waals surface area contributed by atoms with Gasteiger partial charge in [-0.3, -0.25) is 4.79 Å². The number of carbonyl (C=O) groups excluding carboxylic acids is 1. The van der Waals surface area contributed by atoms with E-state index in [0.29, 0.717) is 13.0 Å². The van der Waals surface area contributed by atoms with Crippen molar-refractivity contribution < 1.29 is 9.53 Å². The maximum absolute atomic E-state index is 11.7. The normalized spacial score (nSPS) is 10.2. The highest BCUT2D eigenvalue weighted by atomic mass is 16.5. The average molecular weight is 258 g/mol. The number of H-pyrrole nitrogens is 1. The van der Waals surface area contributed by atoms with Crippen LogP contribution in [0.1, 0.15) is 17.5 Å². The van der Waals surface area contributed by atoms with Crippen molar-refractivity contribution in [2.75, 3.05) is 7.11 Å². The first-order valence-corrected chi connectivity index (χ1v) is 6.29. The minimum absolute atomic E-state index is 0.0593. The fourth-order valence-corrected chi connectivity index (χ4v) is 1.84. The predicted molar refractivity (Wildman–Crippen MR) is 74.0 cm³/mol. The van der Waals surface area contributed by atoms with E-state index in [2.05, 4.69) is 10.3 Å². The van der Waals surface area contributed by atoms with Crippen LogP contribution in [0.2, 0.25) is 0 Å². The Kier molecular flexibility index (Phi) is 4.61. The molecule has 0 aliphatic rings. The first-order chi connectivity index (χ1) is 9.28. The van der Waals surface area contributed by atoms with Crippen molar-refractivity contribution in [2.24, 2.45) is 0 Å². The van der Waals surface area contributed by atoms with Gasteiger partial charge in [-0.15, -0.1) is 0 Å². The van der Waals surface area contributed by atoms with Crippen molar-refractivity contribution in [3.05, 3.63) is 53.9 Å². The fraction of sp³-hybridized carbons (Fsp3) is 0.267. The Morgan fingerprint density at radius 2 is 2.21 bits per heavy atom. The molecule has 0 bridgehead atoms. The first-order valence-electron chi connectivity index (χ1n) is 6.29. The molecule has 0 saturated heterocycles. The number of carbonyl (C=O) groups is 1. The van der Waals surface area contributed by atoms with Crippen LogP contribution in [0.25, 0.3) is 0 Å². The molecule has 0 aliphatic carbocycles. The zero-order valence-electron chi connectivity index (χ0n) is 11.0. The van der Waals surface area contributed by atoms with E-state index in [1.54, 1.807) is 7.11 Å². The molecule has 4 heteroatoms. The number of aryl methyl sites for hydroxylation is 1. The molecule has 0 radical (unpaired) electrons. The van der Waals surface area contributed by atoms with Gasteiger partial charge in [-0.2, -0.15) is 0 Å². The molecule has 0 aliphatic heterocycles. The molecular formula is C15H18N2O2. The second-order valence-corrected chi connectivity index (χ2v) is 4.35. The van der Waals surface area contributed by atoms with Gasteiger partial charge in [0, 0.05) is 25.4 Å². The van der Waals surface area contributed by atoms with E-state index in [4.69, 9.17) is 4.74 Å². The number of rotatable bonds is 6. The Morgan fingerprint density at radius 1 is 1.32 bits per heavy atom. The van der Waals surface area contributed by atoms with Crippen molar-refractivity contribution in [1.82, 2.24) is 10.3 Å². The van der Waals surface area contributed by atoms with Gasteiger partial charge < -0.3 is 15.0 Å². The first kappa shape index (κ1) is 13.2. The monoisotopic (exact) mass is 258 g/mol. The van der Waals surface area contributed by atoms with Crippen LogP contribution in [0, 0.1) is 0 Å². The Labute approximate surface area is 112 Å². The van der Waals surface area contributed by atoms with Gasteiger partial charge in [0.05, 0.1) is 7.11 Å². The third-order valence-corrected chi connectivity index (χ3v) is 2.93. The quantitative estimate of drug-likeness (QED) is 0.835. The number of aromatic amines is 1. The molecule has 0 atom stereocenters. The molecule has 2 rings (SSSR count). The van der Waals surface area contributed by atoms with E-state index in [9.17, 15) is 4.79 Å². The number of hydrogen-bond acceptors (Lipinski definition) is 2. The summed E-state index contributed by atoms with van der Waals surface area (Å²) in [7, 11) is 1.64. The molecular weight excluding hydrogens is 240 g/mol. The molecule has 1 aromatic carbocycles. The van der Waals surface area contributed by atoms with Crippen LogP contribution in [-0.4, -0.2) is 18.0 Å². The molecule has 1 aromatic heterocycles. The van der Waals surface area contributed by atoms with E-state index in [-0.39, 0.29) is 5.91 Å². The third kappa shape index (κ3) is 4.17. The van der Waals surface area contributed by atoms with Gasteiger partial charge in [0.2, 0.25) is 5.91 Å². The molecule has 0 unspecified atom stereocenters. The SMILES string of the molecule is COc1cccc(CCC(=O)NCc2cc[nH]c2)c1. The highest BCUT2D eigenvalue weighted by Crippen LogP contribution is 2.13. The van der Waals surface area contributed by atoms with Crippen LogP contribution >= 0.6 is 0 Å². The van der Waals surface area contributed by atoms with Crippen LogP contribution in [0.5, 0.6) is 5.75 Å². The summed E-state index contributed by atoms with van der Waals surface area (Å²) in [6.45, 7) is 0.570. The minimum atomic E-state index is 0.0593. The standard InChI is InChI=1S/C15H18N2O2/c1-19-14-4-2-3-12(9-14)5-6-15(18)17-11-13-7-8-16-10-13/h2-4,7-10,16H,5-6,11H2,1H3,(H,17,18). The van der Waals surface area contributed by atoms with Gasteiger partial charge in [-0.25, -0.2) is 0 Å². The highest BCUT2D eigenvalue weighted by Gasteiger charge is 2.03. The fourth-order valence-electron chi connectivity index (χ4n) is 1.84. The van der Waals surface area contributed by atoms with Crippen LogP contribution in [0.4, 0.5) is 0 Å². The topological polar surface area (TPSA) is 54.1 Å². The van der Waals surface area contributed by atoms with Crippen LogP contribution in [0.15, 0.2) is 42.7 Å². The zero-order valence-corrected chi connectivity index (χ0v) is 11.0. The molecule has 100 valence electrons. The number of ether oxygens (including phenoxy) is 1. The van der Waals surface area contributed by atoms with E-state index < -0.39 is 0 Å². The van der Waals surface area contributed by atoms with Gasteiger partial charge in [-0.05, 0) is 35.7 Å². The summed E-state index contributed by atoms with van der Waals surface area (Å²) < 4.78 is 5.15. The van der Waals surface area contributed by atoms with Crippen LogP contribution in [0.3, 0.4) is 0 Å². The molecule has 0 saturated carbocycles. The Morgan fingerprint density at radius 3 is 2.95 bits per heavy atom. The molecule has 1 heterocycles. The predicted octanol–water partition coefficient (Wildman–Crippen LogP) is 2.27. The smallest absolute Gasteiger partial charge is 0.220 e. The number of nitrogens with one attached hydrogen (secondary N) is 2. The molecule has 4 nitrogen and oxygen atoms in total. The van der Waals surface area contributed by atoms with E-state index >= 15 is 0 Å². The molecule has 2 aromatic rings. The maximum Gasteiger partial charge on any atom is 0.220 e. The lowest BCUT2D eigenvalue weighted by Gasteiger charge is -2.05. The third-order valence-electron chi connectivity index (χ3n) is 2.93. The van der Waals surface area contributed by atoms with Crippen molar-refractivity contribution in [3.63, 3.8) is 0 Å². The van der Waals surface area contributed by atoms with Crippen molar-refractivity contribution in [1.29, 1.82) is 0 Å². The van der Waals surface area contributed by atoms with Crippen LogP contribution in [-0.2, 0) is 17.8 Å². The summed E-state index contributed by atoms with van der Waals surface area (Å²) in [6, 6.07) is 9.74. The number of amides is 1. The van der Waals surface area contributed by atoms with E-state index in [1.165, 1.54) is 0 Å². The molecule has 2 N–H and O–H groups in total. The van der Waals surface area contributed by atoms with E-state index in [1.807, 2.05) is 42.7 Å². The summed E-state index contributed by atoms with van der Waals surface area (Å²) in [4.78, 5) is 14.7. The number of aromatic nitrogens is 1. The lowest BCUT2D eigenvalue weighted by molar-refractivity contribution is -0.121. The average Bonchev–Trinajstić information content (AvgIpc) is 2.96. The summed E-state index contributed by atoms with van der Waals surface area (Å²) in [5, 5.41) is 2.89. The van der Waals surface area contributed by atoms with Gasteiger partial charge in [0.25, 0.3) is 0 Å². The molecule has 0 spiro atoms. The minimum Gasteiger partial charge on any atom is -0.497 e. The van der Waals surface area contributed by atoms with Gasteiger partial charge in [0.1, 0.15) is 5.75 Å². The van der Waals surface area contributed by atoms with Crippen molar-refractivity contribution >= 4 is 5.91 Å². The van der Waals surface area contributed by atoms with Gasteiger partial charge >= 0.3 is 0 Å².